The molecule has 0 aromatic carbocycles. The summed E-state index contributed by atoms with van der Waals surface area (Å²) in [6.45, 7) is 4.42. The van der Waals surface area contributed by atoms with Gasteiger partial charge in [-0.3, -0.25) is 4.98 Å². The number of pyridine rings is 1. The molecule has 0 saturated carbocycles. The lowest BCUT2D eigenvalue weighted by atomic mass is 9.86. The second kappa shape index (κ2) is 7.32. The minimum Gasteiger partial charge on any atom is -0.316 e. The topological polar surface area (TPSA) is 24.9 Å². The molecule has 1 unspecified atom stereocenters. The van der Waals surface area contributed by atoms with Crippen LogP contribution in [0.4, 0.5) is 0 Å². The van der Waals surface area contributed by atoms with Crippen molar-refractivity contribution in [1.29, 1.82) is 0 Å². The number of allylic oxidation sites excluding steroid dienone is 1. The first-order valence-electron chi connectivity index (χ1n) is 7.23. The summed E-state index contributed by atoms with van der Waals surface area (Å²) in [5, 5.41) is 3.43. The van der Waals surface area contributed by atoms with Crippen molar-refractivity contribution >= 4 is 0 Å². The Morgan fingerprint density at radius 2 is 2.39 bits per heavy atom. The summed E-state index contributed by atoms with van der Waals surface area (Å²) in [6.07, 6.45) is 12.7. The first kappa shape index (κ1) is 13.3. The second-order valence-electron chi connectivity index (χ2n) is 5.01. The minimum atomic E-state index is 0.543. The van der Waals surface area contributed by atoms with E-state index in [1.165, 1.54) is 36.9 Å². The number of hydrogen-bond acceptors (Lipinski definition) is 2. The third-order valence-electron chi connectivity index (χ3n) is 3.52. The van der Waals surface area contributed by atoms with Crippen LogP contribution in [0, 0.1) is 0 Å². The molecule has 1 aliphatic carbocycles. The second-order valence-corrected chi connectivity index (χ2v) is 5.01. The van der Waals surface area contributed by atoms with Gasteiger partial charge in [-0.2, -0.15) is 0 Å². The fourth-order valence-corrected chi connectivity index (χ4v) is 2.58. The van der Waals surface area contributed by atoms with Crippen molar-refractivity contribution in [3.05, 3.63) is 41.7 Å². The van der Waals surface area contributed by atoms with E-state index in [0.29, 0.717) is 5.92 Å². The van der Waals surface area contributed by atoms with Gasteiger partial charge in [0.05, 0.1) is 5.69 Å². The highest BCUT2D eigenvalue weighted by molar-refractivity contribution is 5.29. The van der Waals surface area contributed by atoms with Gasteiger partial charge in [-0.1, -0.05) is 25.1 Å². The Morgan fingerprint density at radius 1 is 1.44 bits per heavy atom. The predicted molar refractivity (Wildman–Crippen MR) is 76.8 cm³/mol. The first-order chi connectivity index (χ1) is 8.92. The molecule has 0 spiro atoms. The number of rotatable bonds is 6. The maximum Gasteiger partial charge on any atom is 0.0504 e. The average Bonchev–Trinajstić information content (AvgIpc) is 2.43. The van der Waals surface area contributed by atoms with E-state index in [0.717, 1.165) is 19.5 Å². The van der Waals surface area contributed by atoms with Gasteiger partial charge in [0, 0.05) is 12.1 Å². The number of hydrogen-bond donors (Lipinski definition) is 1. The summed E-state index contributed by atoms with van der Waals surface area (Å²) in [5.74, 6) is 0.543. The first-order valence-corrected chi connectivity index (χ1v) is 7.23. The van der Waals surface area contributed by atoms with Crippen LogP contribution in [0.1, 0.15) is 49.8 Å². The third-order valence-corrected chi connectivity index (χ3v) is 3.52. The summed E-state index contributed by atoms with van der Waals surface area (Å²) in [7, 11) is 0. The highest BCUT2D eigenvalue weighted by atomic mass is 14.8. The number of fused-ring (bicyclic) bond motifs is 1. The zero-order valence-electron chi connectivity index (χ0n) is 11.4. The summed E-state index contributed by atoms with van der Waals surface area (Å²) in [6, 6.07) is 4.28. The van der Waals surface area contributed by atoms with E-state index in [2.05, 4.69) is 41.5 Å². The van der Waals surface area contributed by atoms with E-state index in [1.54, 1.807) is 0 Å². The van der Waals surface area contributed by atoms with E-state index in [-0.39, 0.29) is 0 Å². The predicted octanol–water partition coefficient (Wildman–Crippen LogP) is 3.45. The summed E-state index contributed by atoms with van der Waals surface area (Å²) in [5.41, 5.74) is 2.75. The van der Waals surface area contributed by atoms with Gasteiger partial charge in [0.1, 0.15) is 0 Å². The van der Waals surface area contributed by atoms with Crippen LogP contribution >= 0.6 is 0 Å². The van der Waals surface area contributed by atoms with E-state index >= 15 is 0 Å². The van der Waals surface area contributed by atoms with Crippen LogP contribution < -0.4 is 5.32 Å². The molecule has 1 heterocycles. The van der Waals surface area contributed by atoms with Crippen LogP contribution in [0.5, 0.6) is 0 Å². The standard InChI is InChI=1S/C16H24N2/c1-2-11-17-12-4-3-7-14-8-5-9-15-10-6-13-18-16(14)15/h3,6-7,10,13-14,17H,2,4-5,8-9,11-12H2,1H3. The monoisotopic (exact) mass is 244 g/mol. The summed E-state index contributed by atoms with van der Waals surface area (Å²) < 4.78 is 0. The zero-order chi connectivity index (χ0) is 12.6. The summed E-state index contributed by atoms with van der Waals surface area (Å²) in [4.78, 5) is 4.56. The maximum absolute atomic E-state index is 4.56. The molecule has 0 aliphatic heterocycles. The van der Waals surface area contributed by atoms with Crippen molar-refractivity contribution in [3.63, 3.8) is 0 Å². The molecule has 0 fully saturated rings. The van der Waals surface area contributed by atoms with Gasteiger partial charge in [0.2, 0.25) is 0 Å². The molecule has 0 radical (unpaired) electrons. The molecule has 18 heavy (non-hydrogen) atoms. The van der Waals surface area contributed by atoms with Crippen LogP contribution in [0.15, 0.2) is 30.5 Å². The Labute approximate surface area is 111 Å². The van der Waals surface area contributed by atoms with Gasteiger partial charge in [-0.25, -0.2) is 0 Å². The van der Waals surface area contributed by atoms with E-state index in [4.69, 9.17) is 0 Å². The van der Waals surface area contributed by atoms with Gasteiger partial charge < -0.3 is 5.32 Å². The molecule has 0 bridgehead atoms. The largest absolute Gasteiger partial charge is 0.316 e. The highest BCUT2D eigenvalue weighted by Gasteiger charge is 2.18. The molecule has 98 valence electrons. The van der Waals surface area contributed by atoms with Crippen molar-refractivity contribution in [1.82, 2.24) is 10.3 Å². The fraction of sp³-hybridized carbons (Fsp3) is 0.562. The molecule has 0 saturated heterocycles. The Bertz CT molecular complexity index is 384. The number of nitrogens with zero attached hydrogens (tertiary/aromatic N) is 1. The van der Waals surface area contributed by atoms with Crippen molar-refractivity contribution in [2.45, 2.75) is 44.9 Å². The molecule has 1 atom stereocenters. The Morgan fingerprint density at radius 3 is 3.28 bits per heavy atom. The van der Waals surface area contributed by atoms with Crippen LogP contribution in [0.25, 0.3) is 0 Å². The third kappa shape index (κ3) is 3.67. The number of nitrogens with one attached hydrogen (secondary N) is 1. The Hall–Kier alpha value is -1.15. The maximum atomic E-state index is 4.56. The van der Waals surface area contributed by atoms with Crippen molar-refractivity contribution in [2.75, 3.05) is 13.1 Å². The normalized spacial score (nSPS) is 19.1. The molecule has 1 N–H and O–H groups in total. The van der Waals surface area contributed by atoms with Gasteiger partial charge in [0.25, 0.3) is 0 Å². The zero-order valence-corrected chi connectivity index (χ0v) is 11.4. The average molecular weight is 244 g/mol. The fourth-order valence-electron chi connectivity index (χ4n) is 2.58. The Kier molecular flexibility index (Phi) is 5.40. The highest BCUT2D eigenvalue weighted by Crippen LogP contribution is 2.30. The molecule has 1 aliphatic rings. The molecular weight excluding hydrogens is 220 g/mol. The van der Waals surface area contributed by atoms with E-state index < -0.39 is 0 Å². The number of aromatic nitrogens is 1. The van der Waals surface area contributed by atoms with Crippen LogP contribution in [0.3, 0.4) is 0 Å². The van der Waals surface area contributed by atoms with Crippen LogP contribution in [0.2, 0.25) is 0 Å². The lowest BCUT2D eigenvalue weighted by Gasteiger charge is -2.21. The Balaban J connectivity index is 1.85. The van der Waals surface area contributed by atoms with E-state index in [1.807, 2.05) is 6.20 Å². The van der Waals surface area contributed by atoms with E-state index in [9.17, 15) is 0 Å². The minimum absolute atomic E-state index is 0.543. The molecule has 2 heteroatoms. The van der Waals surface area contributed by atoms with Crippen molar-refractivity contribution in [2.24, 2.45) is 0 Å². The smallest absolute Gasteiger partial charge is 0.0504 e. The van der Waals surface area contributed by atoms with Crippen LogP contribution in [-0.4, -0.2) is 18.1 Å². The van der Waals surface area contributed by atoms with Crippen molar-refractivity contribution < 1.29 is 0 Å². The molecule has 0 amide bonds. The molecule has 1 aromatic heterocycles. The molecular formula is C16H24N2. The quantitative estimate of drug-likeness (QED) is 0.612. The molecule has 2 rings (SSSR count). The lowest BCUT2D eigenvalue weighted by molar-refractivity contribution is 0.608. The van der Waals surface area contributed by atoms with Gasteiger partial charge in [-0.15, -0.1) is 0 Å². The van der Waals surface area contributed by atoms with Crippen LogP contribution in [-0.2, 0) is 6.42 Å². The van der Waals surface area contributed by atoms with Gasteiger partial charge in [-0.05, 0) is 56.8 Å². The van der Waals surface area contributed by atoms with Gasteiger partial charge in [0.15, 0.2) is 0 Å². The molecule has 2 nitrogen and oxygen atoms in total. The molecule has 1 aromatic rings. The van der Waals surface area contributed by atoms with Gasteiger partial charge >= 0.3 is 0 Å². The number of aryl methyl sites for hydroxylation is 1. The van der Waals surface area contributed by atoms with Crippen molar-refractivity contribution in [3.8, 4) is 0 Å². The summed E-state index contributed by atoms with van der Waals surface area (Å²) >= 11 is 0. The lowest BCUT2D eigenvalue weighted by Crippen LogP contribution is -2.15. The SMILES string of the molecule is CCCNCCC=CC1CCCc2cccnc21.